The molecule has 4 nitrogen and oxygen atoms in total. The van der Waals surface area contributed by atoms with Gasteiger partial charge >= 0.3 is 0 Å². The van der Waals surface area contributed by atoms with Gasteiger partial charge in [-0.25, -0.2) is 13.1 Å². The zero-order valence-electron chi connectivity index (χ0n) is 11.1. The molecule has 0 aliphatic rings. The Hall–Kier alpha value is -0.890. The summed E-state index contributed by atoms with van der Waals surface area (Å²) in [7, 11) is -3.63. The van der Waals surface area contributed by atoms with E-state index in [1.54, 1.807) is 19.9 Å². The number of anilines is 1. The van der Waals surface area contributed by atoms with Crippen molar-refractivity contribution in [3.8, 4) is 0 Å². The first-order valence-electron chi connectivity index (χ1n) is 5.90. The molecule has 2 aromatic rings. The molecule has 1 aromatic carbocycles. The second-order valence-electron chi connectivity index (χ2n) is 4.46. The van der Waals surface area contributed by atoms with Crippen LogP contribution in [0.15, 0.2) is 32.9 Å². The highest BCUT2D eigenvalue weighted by molar-refractivity contribution is 9.10. The summed E-state index contributed by atoms with van der Waals surface area (Å²) in [6.07, 6.45) is 0. The van der Waals surface area contributed by atoms with Crippen LogP contribution in [-0.2, 0) is 16.6 Å². The van der Waals surface area contributed by atoms with Gasteiger partial charge in [0, 0.05) is 15.9 Å². The quantitative estimate of drug-likeness (QED) is 0.807. The molecule has 1 aromatic heterocycles. The van der Waals surface area contributed by atoms with Crippen LogP contribution in [0.25, 0.3) is 0 Å². The minimum Gasteiger partial charge on any atom is -0.397 e. The molecule has 0 radical (unpaired) electrons. The number of rotatable bonds is 4. The van der Waals surface area contributed by atoms with Crippen molar-refractivity contribution in [2.24, 2.45) is 0 Å². The first kappa shape index (κ1) is 15.5. The van der Waals surface area contributed by atoms with E-state index in [9.17, 15) is 8.42 Å². The predicted octanol–water partition coefficient (Wildman–Crippen LogP) is 3.19. The van der Waals surface area contributed by atoms with Crippen molar-refractivity contribution in [2.75, 3.05) is 5.73 Å². The molecule has 0 amide bonds. The van der Waals surface area contributed by atoms with Crippen molar-refractivity contribution >= 4 is 43.0 Å². The Kier molecular flexibility index (Phi) is 4.53. The summed E-state index contributed by atoms with van der Waals surface area (Å²) in [5, 5.41) is 1.90. The predicted molar refractivity (Wildman–Crippen MR) is 86.4 cm³/mol. The van der Waals surface area contributed by atoms with Crippen LogP contribution < -0.4 is 10.5 Å². The van der Waals surface area contributed by atoms with Crippen LogP contribution in [0.2, 0.25) is 0 Å². The lowest BCUT2D eigenvalue weighted by atomic mass is 10.1. The summed E-state index contributed by atoms with van der Waals surface area (Å²) in [6, 6.07) is 5.47. The Morgan fingerprint density at radius 1 is 1.25 bits per heavy atom. The molecule has 2 rings (SSSR count). The van der Waals surface area contributed by atoms with Crippen molar-refractivity contribution < 1.29 is 8.42 Å². The van der Waals surface area contributed by atoms with Crippen LogP contribution in [-0.4, -0.2) is 8.42 Å². The number of nitrogens with one attached hydrogen (secondary N) is 1. The average molecular weight is 375 g/mol. The number of halogens is 1. The maximum atomic E-state index is 12.4. The first-order chi connectivity index (χ1) is 9.33. The molecule has 7 heteroatoms. The van der Waals surface area contributed by atoms with E-state index in [2.05, 4.69) is 20.7 Å². The molecule has 0 saturated heterocycles. The molecule has 108 valence electrons. The smallest absolute Gasteiger partial charge is 0.243 e. The summed E-state index contributed by atoms with van der Waals surface area (Å²) in [5.41, 5.74) is 7.63. The molecule has 0 saturated carbocycles. The van der Waals surface area contributed by atoms with E-state index < -0.39 is 10.0 Å². The highest BCUT2D eigenvalue weighted by Crippen LogP contribution is 2.27. The maximum Gasteiger partial charge on any atom is 0.243 e. The third kappa shape index (κ3) is 3.06. The van der Waals surface area contributed by atoms with Gasteiger partial charge in [0.05, 0.1) is 5.69 Å². The molecule has 0 spiro atoms. The highest BCUT2D eigenvalue weighted by atomic mass is 79.9. The van der Waals surface area contributed by atoms with Crippen LogP contribution >= 0.6 is 27.3 Å². The number of nitrogen functional groups attached to an aromatic ring is 1. The van der Waals surface area contributed by atoms with E-state index in [1.807, 2.05) is 17.5 Å². The van der Waals surface area contributed by atoms with Crippen LogP contribution in [0.1, 0.15) is 16.0 Å². The lowest BCUT2D eigenvalue weighted by Gasteiger charge is -2.13. The lowest BCUT2D eigenvalue weighted by Crippen LogP contribution is -2.25. The number of aryl methyl sites for hydroxylation is 2. The molecule has 0 aliphatic carbocycles. The van der Waals surface area contributed by atoms with Crippen LogP contribution in [0.4, 0.5) is 5.69 Å². The van der Waals surface area contributed by atoms with Crippen molar-refractivity contribution in [1.29, 1.82) is 0 Å². The minimum atomic E-state index is -3.63. The van der Waals surface area contributed by atoms with Crippen LogP contribution in [0.5, 0.6) is 0 Å². The summed E-state index contributed by atoms with van der Waals surface area (Å²) in [5.74, 6) is 0. The molecular weight excluding hydrogens is 360 g/mol. The van der Waals surface area contributed by atoms with E-state index >= 15 is 0 Å². The van der Waals surface area contributed by atoms with E-state index in [0.29, 0.717) is 11.3 Å². The summed E-state index contributed by atoms with van der Waals surface area (Å²) in [4.78, 5) is 1.10. The fourth-order valence-corrected chi connectivity index (χ4v) is 4.79. The Labute approximate surface area is 131 Å². The summed E-state index contributed by atoms with van der Waals surface area (Å²) < 4.78 is 28.4. The maximum absolute atomic E-state index is 12.4. The fraction of sp³-hybridized carbons (Fsp3) is 0.231. The highest BCUT2D eigenvalue weighted by Gasteiger charge is 2.21. The average Bonchev–Trinajstić information content (AvgIpc) is 2.77. The Bertz CT molecular complexity index is 739. The van der Waals surface area contributed by atoms with Gasteiger partial charge in [0.2, 0.25) is 10.0 Å². The molecule has 0 bridgehead atoms. The van der Waals surface area contributed by atoms with Crippen LogP contribution in [0.3, 0.4) is 0 Å². The lowest BCUT2D eigenvalue weighted by molar-refractivity contribution is 0.581. The van der Waals surface area contributed by atoms with Gasteiger partial charge in [0.15, 0.2) is 0 Å². The zero-order valence-corrected chi connectivity index (χ0v) is 14.3. The number of thiophene rings is 1. The van der Waals surface area contributed by atoms with Crippen molar-refractivity contribution in [2.45, 2.75) is 25.3 Å². The van der Waals surface area contributed by atoms with Crippen molar-refractivity contribution in [3.05, 3.63) is 44.1 Å². The van der Waals surface area contributed by atoms with E-state index in [1.165, 1.54) is 11.3 Å². The third-order valence-electron chi connectivity index (χ3n) is 2.99. The van der Waals surface area contributed by atoms with Crippen LogP contribution in [0, 0.1) is 13.8 Å². The van der Waals surface area contributed by atoms with Crippen molar-refractivity contribution in [3.63, 3.8) is 0 Å². The van der Waals surface area contributed by atoms with Gasteiger partial charge in [-0.3, -0.25) is 0 Å². The largest absolute Gasteiger partial charge is 0.397 e. The minimum absolute atomic E-state index is 0.171. The van der Waals surface area contributed by atoms with Gasteiger partial charge in [-0.15, -0.1) is 11.3 Å². The third-order valence-corrected chi connectivity index (χ3v) is 6.52. The van der Waals surface area contributed by atoms with Gasteiger partial charge in [0.25, 0.3) is 0 Å². The Balaban J connectivity index is 2.32. The molecule has 20 heavy (non-hydrogen) atoms. The number of nitrogens with two attached hydrogens (primary N) is 1. The van der Waals surface area contributed by atoms with Gasteiger partial charge < -0.3 is 5.73 Å². The van der Waals surface area contributed by atoms with Gasteiger partial charge in [-0.1, -0.05) is 12.1 Å². The molecule has 0 unspecified atom stereocenters. The number of hydrogen-bond donors (Lipinski definition) is 2. The second-order valence-corrected chi connectivity index (χ2v) is 8.02. The summed E-state index contributed by atoms with van der Waals surface area (Å²) >= 11 is 4.87. The molecule has 0 aliphatic heterocycles. The number of benzene rings is 1. The fourth-order valence-electron chi connectivity index (χ4n) is 1.85. The van der Waals surface area contributed by atoms with Gasteiger partial charge in [0.1, 0.15) is 4.90 Å². The van der Waals surface area contributed by atoms with Gasteiger partial charge in [-0.05, 0) is 52.4 Å². The Morgan fingerprint density at radius 3 is 2.50 bits per heavy atom. The molecule has 0 atom stereocenters. The molecule has 3 N–H and O–H groups in total. The first-order valence-corrected chi connectivity index (χ1v) is 9.05. The van der Waals surface area contributed by atoms with E-state index in [4.69, 9.17) is 5.73 Å². The second kappa shape index (κ2) is 5.85. The zero-order chi connectivity index (χ0) is 14.9. The standard InChI is InChI=1S/C13H15BrN2O2S2/c1-8-3-4-9(2)13(12(8)15)20(17,18)16-7-11-10(14)5-6-19-11/h3-6,16H,7,15H2,1-2H3. The van der Waals surface area contributed by atoms with E-state index in [-0.39, 0.29) is 11.4 Å². The topological polar surface area (TPSA) is 72.2 Å². The monoisotopic (exact) mass is 374 g/mol. The molecule has 1 heterocycles. The normalized spacial score (nSPS) is 11.8. The Morgan fingerprint density at radius 2 is 1.90 bits per heavy atom. The van der Waals surface area contributed by atoms with Gasteiger partial charge in [-0.2, -0.15) is 0 Å². The molecular formula is C13H15BrN2O2S2. The number of hydrogen-bond acceptors (Lipinski definition) is 4. The summed E-state index contributed by atoms with van der Waals surface area (Å²) in [6.45, 7) is 3.78. The van der Waals surface area contributed by atoms with Crippen molar-refractivity contribution in [1.82, 2.24) is 4.72 Å². The van der Waals surface area contributed by atoms with E-state index in [0.717, 1.165) is 14.9 Å². The molecule has 0 fully saturated rings. The number of sulfonamides is 1. The SMILES string of the molecule is Cc1ccc(C)c(S(=O)(=O)NCc2sccc2Br)c1N.